The largest absolute Gasteiger partial charge is 0.534 e. The number of alkyl halides is 3. The molecule has 2 atom stereocenters. The van der Waals surface area contributed by atoms with Gasteiger partial charge in [-0.3, -0.25) is 14.6 Å². The fraction of sp³-hybridized carbons (Fsp3) is 0.444. The first-order valence-electron chi connectivity index (χ1n) is 19.7. The molecule has 12 heteroatoms. The Morgan fingerprint density at radius 2 is 1.47 bits per heavy atom. The van der Waals surface area contributed by atoms with Gasteiger partial charge in [0.1, 0.15) is 11.5 Å². The summed E-state index contributed by atoms with van der Waals surface area (Å²) in [5, 5.41) is 2.08. The number of piperazine rings is 1. The number of carbonyl (C=O) groups is 1. The van der Waals surface area contributed by atoms with Crippen LogP contribution in [0.25, 0.3) is 0 Å². The van der Waals surface area contributed by atoms with E-state index in [1.165, 1.54) is 23.5 Å². The molecule has 57 heavy (non-hydrogen) atoms. The summed E-state index contributed by atoms with van der Waals surface area (Å²) < 4.78 is 65.8. The Bertz CT molecular complexity index is 1900. The molecule has 0 bridgehead atoms. The molecule has 2 fully saturated rings. The van der Waals surface area contributed by atoms with Crippen molar-refractivity contribution < 1.29 is 36.6 Å². The second-order valence-electron chi connectivity index (χ2n) is 16.2. The minimum Gasteiger partial charge on any atom is -0.534 e. The predicted molar refractivity (Wildman–Crippen MR) is 220 cm³/mol. The van der Waals surface area contributed by atoms with Gasteiger partial charge in [-0.1, -0.05) is 93.6 Å². The molecule has 0 radical (unpaired) electrons. The van der Waals surface area contributed by atoms with Crippen LogP contribution in [0.4, 0.5) is 13.2 Å². The van der Waals surface area contributed by atoms with Gasteiger partial charge in [-0.05, 0) is 64.1 Å². The molecule has 6 rings (SSSR count). The summed E-state index contributed by atoms with van der Waals surface area (Å²) in [6.45, 7) is 14.7. The minimum atomic E-state index is -4.63. The number of amides is 1. The van der Waals surface area contributed by atoms with Crippen LogP contribution in [0, 0.1) is 6.92 Å². The molecular weight excluding hydrogens is 748 g/mol. The van der Waals surface area contributed by atoms with E-state index in [0.29, 0.717) is 39.3 Å². The summed E-state index contributed by atoms with van der Waals surface area (Å²) in [4.78, 5) is 20.8. The zero-order valence-corrected chi connectivity index (χ0v) is 35.0. The first-order chi connectivity index (χ1) is 27.2. The molecule has 8 nitrogen and oxygen atoms in total. The van der Waals surface area contributed by atoms with Gasteiger partial charge in [0.05, 0.1) is 32.0 Å². The van der Waals surface area contributed by atoms with Crippen LogP contribution >= 0.6 is 0 Å². The molecular formula is C45H56F3N3O5Si. The van der Waals surface area contributed by atoms with E-state index in [2.05, 4.69) is 104 Å². The Morgan fingerprint density at radius 3 is 2.07 bits per heavy atom. The lowest BCUT2D eigenvalue weighted by Crippen LogP contribution is -2.68. The van der Waals surface area contributed by atoms with E-state index in [4.69, 9.17) is 18.6 Å². The Morgan fingerprint density at radius 1 is 0.825 bits per heavy atom. The number of rotatable bonds is 13. The van der Waals surface area contributed by atoms with Crippen LogP contribution in [0.3, 0.4) is 0 Å². The van der Waals surface area contributed by atoms with Gasteiger partial charge in [-0.15, -0.1) is 0 Å². The fourth-order valence-electron chi connectivity index (χ4n) is 8.26. The average Bonchev–Trinajstić information content (AvgIpc) is 3.20. The van der Waals surface area contributed by atoms with Gasteiger partial charge in [-0.2, -0.15) is 13.2 Å². The molecule has 2 heterocycles. The van der Waals surface area contributed by atoms with Gasteiger partial charge in [0.15, 0.2) is 0 Å². The van der Waals surface area contributed by atoms with Crippen molar-refractivity contribution in [3.8, 4) is 11.5 Å². The van der Waals surface area contributed by atoms with Gasteiger partial charge in [0.25, 0.3) is 5.91 Å². The third kappa shape index (κ3) is 9.92. The summed E-state index contributed by atoms with van der Waals surface area (Å²) in [5.74, 6) is 0.327. The van der Waals surface area contributed by atoms with E-state index in [1.807, 2.05) is 12.1 Å². The molecule has 2 saturated heterocycles. The van der Waals surface area contributed by atoms with Gasteiger partial charge in [-0.25, -0.2) is 0 Å². The lowest BCUT2D eigenvalue weighted by atomic mass is 9.99. The Kier molecular flexibility index (Phi) is 13.5. The number of ether oxygens (including phenoxy) is 3. The molecule has 0 aromatic heterocycles. The minimum absolute atomic E-state index is 0.00990. The van der Waals surface area contributed by atoms with Crippen LogP contribution in [-0.2, 0) is 22.1 Å². The maximum absolute atomic E-state index is 14.3. The quantitative estimate of drug-likeness (QED) is 0.140. The van der Waals surface area contributed by atoms with Gasteiger partial charge < -0.3 is 23.5 Å². The second-order valence-corrected chi connectivity index (χ2v) is 20.4. The van der Waals surface area contributed by atoms with Crippen molar-refractivity contribution in [2.24, 2.45) is 0 Å². The van der Waals surface area contributed by atoms with Gasteiger partial charge in [0, 0.05) is 64.5 Å². The fourth-order valence-corrected chi connectivity index (χ4v) is 12.7. The zero-order valence-electron chi connectivity index (χ0n) is 34.0. The molecule has 306 valence electrons. The normalized spacial score (nSPS) is 18.7. The predicted octanol–water partition coefficient (Wildman–Crippen LogP) is 6.68. The van der Waals surface area contributed by atoms with Crippen molar-refractivity contribution >= 4 is 24.6 Å². The van der Waals surface area contributed by atoms with Crippen LogP contribution in [0.15, 0.2) is 97.1 Å². The molecule has 0 spiro atoms. The van der Waals surface area contributed by atoms with E-state index in [1.54, 1.807) is 12.0 Å². The first kappa shape index (κ1) is 42.4. The highest BCUT2D eigenvalue weighted by Crippen LogP contribution is 2.39. The second kappa shape index (κ2) is 18.2. The number of halogens is 3. The van der Waals surface area contributed by atoms with E-state index in [0.717, 1.165) is 55.2 Å². The molecule has 4 aromatic carbocycles. The highest BCUT2D eigenvalue weighted by atomic mass is 28.4. The Balaban J connectivity index is 1.32. The molecule has 1 amide bonds. The van der Waals surface area contributed by atoms with E-state index < -0.39 is 26.0 Å². The van der Waals surface area contributed by atoms with Crippen molar-refractivity contribution in [1.82, 2.24) is 14.7 Å². The molecule has 0 unspecified atom stereocenters. The topological polar surface area (TPSA) is 63.7 Å². The van der Waals surface area contributed by atoms with E-state index in [9.17, 15) is 18.0 Å². The SMILES string of the molecule is COC[C@@H]1CN(CCN2CCN(C(=O)c3cc(OC)cc(C(F)(F)F)c3)[C@H](Cc3ccc(C)c(O[Si](c4ccccc4)(c4ccccc4)C(C)(C)C)c3)C2)CCO1. The Hall–Kier alpha value is -4.20. The summed E-state index contributed by atoms with van der Waals surface area (Å²) in [5.41, 5.74) is 1.02. The monoisotopic (exact) mass is 803 g/mol. The average molecular weight is 804 g/mol. The van der Waals surface area contributed by atoms with Crippen LogP contribution in [-0.4, -0.2) is 114 Å². The summed E-state index contributed by atoms with van der Waals surface area (Å²) >= 11 is 0. The molecule has 0 aliphatic carbocycles. The standard InChI is InChI=1S/C45H56F3N3O5Si/c1-33-17-18-34(26-42(33)56-57(44(2,3)4,40-13-9-7-10-14-40)41-15-11-8-12-16-41)25-37-30-49(19-20-50-23-24-55-39(31-50)32-53-5)21-22-51(37)43(52)35-27-36(45(46,47)48)29-38(28-35)54-6/h7-18,26-29,37,39H,19-25,30-32H2,1-6H3/t37-,39+/m1/s1. The van der Waals surface area contributed by atoms with Crippen LogP contribution in [0.2, 0.25) is 5.04 Å². The summed E-state index contributed by atoms with van der Waals surface area (Å²) in [6, 6.07) is 30.2. The lowest BCUT2D eigenvalue weighted by molar-refractivity contribution is -0.137. The number of hydrogen-bond donors (Lipinski definition) is 0. The molecule has 0 N–H and O–H groups in total. The smallest absolute Gasteiger partial charge is 0.416 e. The Labute approximate surface area is 336 Å². The highest BCUT2D eigenvalue weighted by Gasteiger charge is 2.52. The van der Waals surface area contributed by atoms with Gasteiger partial charge >= 0.3 is 14.5 Å². The molecule has 2 aliphatic rings. The molecule has 2 aliphatic heterocycles. The number of carbonyl (C=O) groups excluding carboxylic acids is 1. The molecule has 4 aromatic rings. The number of morpholine rings is 1. The van der Waals surface area contributed by atoms with Crippen molar-refractivity contribution in [2.45, 2.75) is 57.5 Å². The van der Waals surface area contributed by atoms with E-state index in [-0.39, 0.29) is 28.5 Å². The van der Waals surface area contributed by atoms with Crippen molar-refractivity contribution in [1.29, 1.82) is 0 Å². The molecule has 0 saturated carbocycles. The van der Waals surface area contributed by atoms with Crippen molar-refractivity contribution in [3.63, 3.8) is 0 Å². The number of aryl methyl sites for hydroxylation is 1. The summed E-state index contributed by atoms with van der Waals surface area (Å²) in [6.07, 6.45) is -4.12. The number of nitrogens with zero attached hydrogens (tertiary/aromatic N) is 3. The summed E-state index contributed by atoms with van der Waals surface area (Å²) in [7, 11) is 0.0356. The van der Waals surface area contributed by atoms with Crippen molar-refractivity contribution in [3.05, 3.63) is 119 Å². The first-order valence-corrected chi connectivity index (χ1v) is 21.6. The lowest BCUT2D eigenvalue weighted by Gasteiger charge is -2.44. The van der Waals surface area contributed by atoms with Crippen LogP contribution in [0.5, 0.6) is 11.5 Å². The number of methoxy groups -OCH3 is 2. The number of hydrogen-bond acceptors (Lipinski definition) is 7. The van der Waals surface area contributed by atoms with Crippen LogP contribution < -0.4 is 19.5 Å². The van der Waals surface area contributed by atoms with Crippen molar-refractivity contribution in [2.75, 3.05) is 73.2 Å². The third-order valence-corrected chi connectivity index (χ3v) is 16.2. The third-order valence-electron chi connectivity index (χ3n) is 11.3. The number of benzene rings is 4. The van der Waals surface area contributed by atoms with Crippen LogP contribution in [0.1, 0.15) is 47.8 Å². The maximum atomic E-state index is 14.3. The van der Waals surface area contributed by atoms with E-state index >= 15 is 0 Å². The maximum Gasteiger partial charge on any atom is 0.416 e. The highest BCUT2D eigenvalue weighted by molar-refractivity contribution is 7.00. The zero-order chi connectivity index (χ0) is 40.8. The van der Waals surface area contributed by atoms with Gasteiger partial charge in [0.2, 0.25) is 0 Å².